The number of aromatic nitrogens is 1. The van der Waals surface area contributed by atoms with Gasteiger partial charge in [0.15, 0.2) is 0 Å². The van der Waals surface area contributed by atoms with Crippen molar-refractivity contribution in [2.24, 2.45) is 5.92 Å². The topological polar surface area (TPSA) is 155 Å². The standard InChI is InChI=1S/C52H54N4O7/c57-46-20-18-44(45-19-21-48(59)54-49(45)46)47(58)33-53-27-22-36-14-16-40(17-15-36)50(60)56-30-25-39(26-31-56)41-10-7-13-43(32-41)52(62,42-11-5-2-6-12-42)51(61)63-35-38-23-28-55(29-24-38)34-37-8-3-1-4-9-37/h1-21,25,32,38,47,53,57-58,62H,22-24,26-31,33-35H2,(H,54,59)/t47-,52-/m0/s1. The number of carbonyl (C=O) groups excluding carboxylic acids is 2. The molecular weight excluding hydrogens is 793 g/mol. The van der Waals surface area contributed by atoms with Gasteiger partial charge in [0.1, 0.15) is 5.75 Å². The molecule has 0 spiro atoms. The van der Waals surface area contributed by atoms with Gasteiger partial charge in [-0.1, -0.05) is 103 Å². The summed E-state index contributed by atoms with van der Waals surface area (Å²) in [5, 5.41) is 37.2. The first kappa shape index (κ1) is 43.3. The first-order chi connectivity index (χ1) is 30.7. The van der Waals surface area contributed by atoms with Crippen LogP contribution in [0.4, 0.5) is 0 Å². The van der Waals surface area contributed by atoms with E-state index in [9.17, 15) is 29.7 Å². The Morgan fingerprint density at radius 1 is 0.825 bits per heavy atom. The summed E-state index contributed by atoms with van der Waals surface area (Å²) < 4.78 is 5.96. The number of H-pyrrole nitrogens is 1. The van der Waals surface area contributed by atoms with Crippen molar-refractivity contribution in [1.29, 1.82) is 0 Å². The van der Waals surface area contributed by atoms with E-state index in [4.69, 9.17) is 4.74 Å². The monoisotopic (exact) mass is 846 g/mol. The molecule has 11 heteroatoms. The van der Waals surface area contributed by atoms with Crippen molar-refractivity contribution >= 4 is 28.4 Å². The molecule has 2 aliphatic rings. The maximum Gasteiger partial charge on any atom is 0.347 e. The number of pyridine rings is 1. The number of aliphatic hydroxyl groups is 2. The summed E-state index contributed by atoms with van der Waals surface area (Å²) in [6.07, 6.45) is 4.32. The molecule has 3 heterocycles. The van der Waals surface area contributed by atoms with Gasteiger partial charge in [0.2, 0.25) is 11.2 Å². The average molecular weight is 847 g/mol. The highest BCUT2D eigenvalue weighted by molar-refractivity contribution is 5.95. The Balaban J connectivity index is 0.846. The number of esters is 1. The summed E-state index contributed by atoms with van der Waals surface area (Å²) in [7, 11) is 0. The van der Waals surface area contributed by atoms with Crippen molar-refractivity contribution in [2.75, 3.05) is 45.9 Å². The van der Waals surface area contributed by atoms with Crippen LogP contribution in [0.3, 0.4) is 0 Å². The zero-order valence-electron chi connectivity index (χ0n) is 35.3. The average Bonchev–Trinajstić information content (AvgIpc) is 3.33. The van der Waals surface area contributed by atoms with Crippen molar-refractivity contribution in [2.45, 2.75) is 43.9 Å². The molecule has 1 saturated heterocycles. The van der Waals surface area contributed by atoms with Gasteiger partial charge in [-0.3, -0.25) is 14.5 Å². The van der Waals surface area contributed by atoms with E-state index >= 15 is 0 Å². The molecule has 1 amide bonds. The summed E-state index contributed by atoms with van der Waals surface area (Å²) in [4.78, 5) is 46.2. The molecule has 6 aromatic rings. The third-order valence-electron chi connectivity index (χ3n) is 12.4. The fraction of sp³-hybridized carbons (Fsp3) is 0.288. The van der Waals surface area contributed by atoms with Gasteiger partial charge < -0.3 is 35.3 Å². The minimum atomic E-state index is -2.00. The van der Waals surface area contributed by atoms with Crippen LogP contribution in [-0.2, 0) is 28.1 Å². The Bertz CT molecular complexity index is 2610. The normalized spacial score (nSPS) is 16.3. The smallest absolute Gasteiger partial charge is 0.347 e. The summed E-state index contributed by atoms with van der Waals surface area (Å²) in [5.74, 6) is -0.580. The molecule has 2 atom stereocenters. The number of rotatable bonds is 15. The fourth-order valence-electron chi connectivity index (χ4n) is 8.72. The fourth-order valence-corrected chi connectivity index (χ4v) is 8.72. The number of nitrogens with zero attached hydrogens (tertiary/aromatic N) is 2. The van der Waals surface area contributed by atoms with Crippen LogP contribution in [0.15, 0.2) is 144 Å². The van der Waals surface area contributed by atoms with Crippen molar-refractivity contribution in [3.05, 3.63) is 189 Å². The number of hydrogen-bond donors (Lipinski definition) is 5. The van der Waals surface area contributed by atoms with Crippen LogP contribution in [0.2, 0.25) is 0 Å². The highest BCUT2D eigenvalue weighted by Crippen LogP contribution is 2.35. The number of ether oxygens (including phenoxy) is 1. The number of aromatic amines is 1. The van der Waals surface area contributed by atoms with Gasteiger partial charge >= 0.3 is 5.97 Å². The number of hydrogen-bond acceptors (Lipinski definition) is 9. The highest BCUT2D eigenvalue weighted by atomic mass is 16.5. The molecule has 0 saturated carbocycles. The molecular formula is C52H54N4O7. The molecule has 5 N–H and O–H groups in total. The Morgan fingerprint density at radius 2 is 1.56 bits per heavy atom. The second-order valence-electron chi connectivity index (χ2n) is 16.6. The summed E-state index contributed by atoms with van der Waals surface area (Å²) in [6.45, 7) is 4.82. The second-order valence-corrected chi connectivity index (χ2v) is 16.6. The van der Waals surface area contributed by atoms with E-state index in [0.29, 0.717) is 65.6 Å². The van der Waals surface area contributed by atoms with Crippen LogP contribution in [0.5, 0.6) is 5.75 Å². The number of piperidine rings is 1. The molecule has 324 valence electrons. The Morgan fingerprint density at radius 3 is 2.29 bits per heavy atom. The zero-order chi connectivity index (χ0) is 43.8. The van der Waals surface area contributed by atoms with Crippen molar-refractivity contribution in [1.82, 2.24) is 20.1 Å². The molecule has 0 radical (unpaired) electrons. The third kappa shape index (κ3) is 10.1. The molecule has 11 nitrogen and oxygen atoms in total. The molecule has 0 unspecified atom stereocenters. The number of nitrogens with one attached hydrogen (secondary N) is 2. The molecule has 2 aliphatic heterocycles. The first-order valence-electron chi connectivity index (χ1n) is 21.8. The van der Waals surface area contributed by atoms with Gasteiger partial charge in [-0.25, -0.2) is 4.79 Å². The quantitative estimate of drug-likeness (QED) is 0.0560. The lowest BCUT2D eigenvalue weighted by Gasteiger charge is -2.33. The molecule has 1 aromatic heterocycles. The summed E-state index contributed by atoms with van der Waals surface area (Å²) in [5.41, 5.74) is 4.29. The maximum atomic E-state index is 14.0. The minimum absolute atomic E-state index is 0.0522. The second kappa shape index (κ2) is 19.8. The van der Waals surface area contributed by atoms with Crippen molar-refractivity contribution in [3.63, 3.8) is 0 Å². The number of likely N-dealkylation sites (tertiary alicyclic amines) is 1. The molecule has 0 aliphatic carbocycles. The predicted molar refractivity (Wildman–Crippen MR) is 244 cm³/mol. The molecule has 1 fully saturated rings. The largest absolute Gasteiger partial charge is 0.506 e. The van der Waals surface area contributed by atoms with Crippen LogP contribution in [0.1, 0.15) is 69.1 Å². The number of fused-ring (bicyclic) bond motifs is 1. The van der Waals surface area contributed by atoms with Gasteiger partial charge in [0.25, 0.3) is 5.91 Å². The number of benzene rings is 5. The van der Waals surface area contributed by atoms with Crippen LogP contribution in [-0.4, -0.2) is 87.9 Å². The Kier molecular flexibility index (Phi) is 13.6. The molecule has 63 heavy (non-hydrogen) atoms. The lowest BCUT2D eigenvalue weighted by Crippen LogP contribution is -2.40. The van der Waals surface area contributed by atoms with Gasteiger partial charge in [-0.05, 0) is 115 Å². The van der Waals surface area contributed by atoms with Gasteiger partial charge in [-0.2, -0.15) is 0 Å². The number of carbonyl (C=O) groups is 2. The van der Waals surface area contributed by atoms with E-state index in [-0.39, 0.29) is 36.3 Å². The number of aromatic hydroxyl groups is 1. The minimum Gasteiger partial charge on any atom is -0.506 e. The van der Waals surface area contributed by atoms with Gasteiger partial charge in [-0.15, -0.1) is 0 Å². The van der Waals surface area contributed by atoms with Crippen LogP contribution in [0, 0.1) is 5.92 Å². The Labute approximate surface area is 367 Å². The van der Waals surface area contributed by atoms with Crippen LogP contribution < -0.4 is 10.9 Å². The molecule has 5 aromatic carbocycles. The first-order valence-corrected chi connectivity index (χ1v) is 21.8. The third-order valence-corrected chi connectivity index (χ3v) is 12.4. The lowest BCUT2D eigenvalue weighted by atomic mass is 9.84. The highest BCUT2D eigenvalue weighted by Gasteiger charge is 2.42. The van der Waals surface area contributed by atoms with Crippen molar-refractivity contribution in [3.8, 4) is 5.75 Å². The lowest BCUT2D eigenvalue weighted by molar-refractivity contribution is -0.164. The van der Waals surface area contributed by atoms with E-state index < -0.39 is 17.7 Å². The van der Waals surface area contributed by atoms with E-state index in [0.717, 1.165) is 49.2 Å². The SMILES string of the molecule is O=C(c1ccc(CCNC[C@H](O)c2ccc(O)c3[nH]c(=O)ccc23)cc1)N1CC=C(c2cccc([C@](O)(C(=O)OCC3CCN(Cc4ccccc4)CC3)c3ccccc3)c2)CC1. The summed E-state index contributed by atoms with van der Waals surface area (Å²) >= 11 is 0. The predicted octanol–water partition coefficient (Wildman–Crippen LogP) is 6.72. The Hall–Kier alpha value is -6.37. The summed E-state index contributed by atoms with van der Waals surface area (Å²) in [6, 6.07) is 40.5. The van der Waals surface area contributed by atoms with Crippen LogP contribution in [0.25, 0.3) is 16.5 Å². The van der Waals surface area contributed by atoms with Crippen LogP contribution >= 0.6 is 0 Å². The van der Waals surface area contributed by atoms with Gasteiger partial charge in [0, 0.05) is 48.8 Å². The number of aliphatic hydroxyl groups excluding tert-OH is 1. The number of phenolic OH excluding ortho intramolecular Hbond substituents is 1. The zero-order valence-corrected chi connectivity index (χ0v) is 35.3. The molecule has 0 bridgehead atoms. The van der Waals surface area contributed by atoms with E-state index in [2.05, 4.69) is 39.5 Å². The van der Waals surface area contributed by atoms with E-state index in [1.54, 1.807) is 30.3 Å². The molecule has 8 rings (SSSR count). The van der Waals surface area contributed by atoms with Gasteiger partial charge in [0.05, 0.1) is 18.2 Å². The van der Waals surface area contributed by atoms with E-state index in [1.165, 1.54) is 17.7 Å². The maximum absolute atomic E-state index is 14.0. The number of amides is 1. The number of phenols is 1. The van der Waals surface area contributed by atoms with Crippen molar-refractivity contribution < 1.29 is 29.6 Å². The van der Waals surface area contributed by atoms with E-state index in [1.807, 2.05) is 77.7 Å².